The van der Waals surface area contributed by atoms with Crippen LogP contribution in [0.2, 0.25) is 0 Å². The number of hydrogen-bond acceptors (Lipinski definition) is 8. The first-order valence-corrected chi connectivity index (χ1v) is 10.5. The molecule has 168 valence electrons. The summed E-state index contributed by atoms with van der Waals surface area (Å²) in [5.74, 6) is -6.49. The number of ether oxygens (including phenoxy) is 1. The van der Waals surface area contributed by atoms with Crippen molar-refractivity contribution in [1.82, 2.24) is 10.1 Å². The number of hydrogen-bond donors (Lipinski definition) is 3. The molecule has 10 heteroatoms. The van der Waals surface area contributed by atoms with Gasteiger partial charge in [0.15, 0.2) is 0 Å². The fourth-order valence-electron chi connectivity index (χ4n) is 5.87. The minimum Gasteiger partial charge on any atom is -0.491 e. The molecule has 0 unspecified atom stereocenters. The van der Waals surface area contributed by atoms with Crippen LogP contribution in [0.4, 0.5) is 0 Å². The van der Waals surface area contributed by atoms with Crippen molar-refractivity contribution in [2.75, 3.05) is 13.2 Å². The Morgan fingerprint density at radius 2 is 1.47 bits per heavy atom. The van der Waals surface area contributed by atoms with Crippen molar-refractivity contribution in [1.29, 1.82) is 0 Å². The van der Waals surface area contributed by atoms with Crippen LogP contribution in [-0.4, -0.2) is 62.5 Å². The number of fused-ring (bicyclic) bond motifs is 4. The summed E-state index contributed by atoms with van der Waals surface area (Å²) in [5, 5.41) is 29.2. The van der Waals surface area contributed by atoms with Gasteiger partial charge < -0.3 is 9.84 Å². The molecule has 6 atom stereocenters. The van der Waals surface area contributed by atoms with Crippen LogP contribution in [0.5, 0.6) is 5.75 Å². The smallest absolute Gasteiger partial charge is 0.258 e. The van der Waals surface area contributed by atoms with Crippen molar-refractivity contribution in [3.05, 3.63) is 41.5 Å². The number of rotatable bonds is 4. The summed E-state index contributed by atoms with van der Waals surface area (Å²) in [6.45, 7) is -0.00709. The van der Waals surface area contributed by atoms with E-state index >= 15 is 0 Å². The number of benzene rings is 1. The van der Waals surface area contributed by atoms with Crippen LogP contribution in [-0.2, 0) is 19.2 Å². The molecule has 2 heterocycles. The maximum absolute atomic E-state index is 12.8. The lowest BCUT2D eigenvalue weighted by molar-refractivity contribution is -0.174. The van der Waals surface area contributed by atoms with E-state index in [1.807, 2.05) is 6.08 Å². The van der Waals surface area contributed by atoms with Gasteiger partial charge in [0.2, 0.25) is 0 Å². The molecule has 3 N–H and O–H groups in total. The van der Waals surface area contributed by atoms with E-state index < -0.39 is 59.1 Å². The topological polar surface area (TPSA) is 145 Å². The van der Waals surface area contributed by atoms with Gasteiger partial charge in [-0.15, -0.1) is 0 Å². The summed E-state index contributed by atoms with van der Waals surface area (Å²) in [7, 11) is 0. The molecule has 0 bridgehead atoms. The first-order valence-electron chi connectivity index (χ1n) is 10.5. The molecule has 10 nitrogen and oxygen atoms in total. The lowest BCUT2D eigenvalue weighted by atomic mass is 9.57. The zero-order valence-electron chi connectivity index (χ0n) is 17.0. The SMILES string of the molecule is O=C1[C@H]2[C@H](CC=C3[C@H]2C[C@H]2C(=O)N(O)C(=O)[C@H]2[C@H]3c2ccc(OCCO)cc2)C(=O)N1O. The molecular formula is C22H22N2O8. The highest BCUT2D eigenvalue weighted by molar-refractivity contribution is 6.06. The molecule has 1 saturated carbocycles. The molecular weight excluding hydrogens is 420 g/mol. The minimum absolute atomic E-state index is 0.129. The maximum atomic E-state index is 12.8. The van der Waals surface area contributed by atoms with Gasteiger partial charge in [-0.2, -0.15) is 10.1 Å². The van der Waals surface area contributed by atoms with Gasteiger partial charge >= 0.3 is 0 Å². The number of aliphatic hydroxyl groups is 1. The molecule has 0 aromatic heterocycles. The van der Waals surface area contributed by atoms with Gasteiger partial charge in [0.05, 0.1) is 30.3 Å². The molecule has 0 radical (unpaired) electrons. The fourth-order valence-corrected chi connectivity index (χ4v) is 5.87. The number of hydroxylamine groups is 4. The Bertz CT molecular complexity index is 1030. The normalized spacial score (nSPS) is 33.8. The highest BCUT2D eigenvalue weighted by Crippen LogP contribution is 2.57. The molecule has 2 saturated heterocycles. The third-order valence-electron chi connectivity index (χ3n) is 7.20. The maximum Gasteiger partial charge on any atom is 0.258 e. The first-order chi connectivity index (χ1) is 15.3. The van der Waals surface area contributed by atoms with Crippen LogP contribution in [0.15, 0.2) is 35.9 Å². The Kier molecular flexibility index (Phi) is 4.88. The van der Waals surface area contributed by atoms with Crippen molar-refractivity contribution in [3.8, 4) is 5.75 Å². The molecule has 4 amide bonds. The van der Waals surface area contributed by atoms with E-state index in [1.165, 1.54) is 0 Å². The van der Waals surface area contributed by atoms with Crippen LogP contribution in [0.25, 0.3) is 0 Å². The average molecular weight is 442 g/mol. The Morgan fingerprint density at radius 3 is 2.12 bits per heavy atom. The predicted molar refractivity (Wildman–Crippen MR) is 104 cm³/mol. The van der Waals surface area contributed by atoms with Crippen LogP contribution in [0.3, 0.4) is 0 Å². The summed E-state index contributed by atoms with van der Waals surface area (Å²) in [6, 6.07) is 6.88. The van der Waals surface area contributed by atoms with Gasteiger partial charge in [-0.3, -0.25) is 29.6 Å². The second-order valence-electron chi connectivity index (χ2n) is 8.64. The van der Waals surface area contributed by atoms with Crippen molar-refractivity contribution in [2.45, 2.75) is 18.8 Å². The Hall–Kier alpha value is -3.08. The number of aliphatic hydroxyl groups excluding tert-OH is 1. The summed E-state index contributed by atoms with van der Waals surface area (Å²) >= 11 is 0. The summed E-state index contributed by atoms with van der Waals surface area (Å²) in [5.41, 5.74) is 1.48. The summed E-state index contributed by atoms with van der Waals surface area (Å²) in [6.07, 6.45) is 2.22. The Morgan fingerprint density at radius 1 is 0.844 bits per heavy atom. The highest BCUT2D eigenvalue weighted by atomic mass is 16.5. The molecule has 4 aliphatic rings. The lowest BCUT2D eigenvalue weighted by Gasteiger charge is -2.43. The van der Waals surface area contributed by atoms with Gasteiger partial charge in [0.1, 0.15) is 12.4 Å². The molecule has 2 aliphatic carbocycles. The largest absolute Gasteiger partial charge is 0.491 e. The molecule has 3 fully saturated rings. The van der Waals surface area contributed by atoms with Gasteiger partial charge in [-0.1, -0.05) is 23.8 Å². The van der Waals surface area contributed by atoms with E-state index in [9.17, 15) is 29.6 Å². The summed E-state index contributed by atoms with van der Waals surface area (Å²) < 4.78 is 5.39. The zero-order chi connectivity index (χ0) is 22.7. The standard InChI is InChI=1S/C22H22N2O8/c25-7-8-32-11-3-1-10(2-4-11)16-12-5-6-13-17(21(28)23(30)19(13)26)14(12)9-15-18(16)22(29)24(31)20(15)27/h1-5,13-18,25,30-31H,6-9H2/t13-,14+,15+,16-,17-,18+/m0/s1. The Labute approximate surface area is 182 Å². The third kappa shape index (κ3) is 2.83. The van der Waals surface area contributed by atoms with Crippen LogP contribution >= 0.6 is 0 Å². The van der Waals surface area contributed by atoms with Gasteiger partial charge in [-0.25, -0.2) is 0 Å². The molecule has 5 rings (SSSR count). The fraction of sp³-hybridized carbons (Fsp3) is 0.455. The van der Waals surface area contributed by atoms with E-state index in [-0.39, 0.29) is 36.2 Å². The number of imide groups is 2. The predicted octanol–water partition coefficient (Wildman–Crippen LogP) is 0.472. The van der Waals surface area contributed by atoms with Crippen LogP contribution in [0, 0.1) is 29.6 Å². The number of allylic oxidation sites excluding steroid dienone is 2. The van der Waals surface area contributed by atoms with E-state index in [2.05, 4.69) is 0 Å². The highest BCUT2D eigenvalue weighted by Gasteiger charge is 2.62. The minimum atomic E-state index is -0.834. The third-order valence-corrected chi connectivity index (χ3v) is 7.20. The van der Waals surface area contributed by atoms with Crippen molar-refractivity contribution in [2.24, 2.45) is 29.6 Å². The summed E-state index contributed by atoms with van der Waals surface area (Å²) in [4.78, 5) is 50.5. The van der Waals surface area contributed by atoms with Crippen LogP contribution in [0.1, 0.15) is 24.3 Å². The molecule has 1 aromatic rings. The lowest BCUT2D eigenvalue weighted by Crippen LogP contribution is -2.42. The molecule has 0 spiro atoms. The van der Waals surface area contributed by atoms with Crippen LogP contribution < -0.4 is 4.74 Å². The second kappa shape index (κ2) is 7.51. The zero-order valence-corrected chi connectivity index (χ0v) is 17.0. The first kappa shape index (κ1) is 20.8. The molecule has 2 aliphatic heterocycles. The average Bonchev–Trinajstić information content (AvgIpc) is 3.16. The molecule has 32 heavy (non-hydrogen) atoms. The van der Waals surface area contributed by atoms with Crippen molar-refractivity contribution >= 4 is 23.6 Å². The quantitative estimate of drug-likeness (QED) is 0.347. The Balaban J connectivity index is 1.58. The van der Waals surface area contributed by atoms with Gasteiger partial charge in [0, 0.05) is 5.92 Å². The number of carbonyl (C=O) groups is 4. The van der Waals surface area contributed by atoms with E-state index in [1.54, 1.807) is 24.3 Å². The van der Waals surface area contributed by atoms with E-state index in [4.69, 9.17) is 9.84 Å². The molecule has 1 aromatic carbocycles. The van der Waals surface area contributed by atoms with Crippen molar-refractivity contribution in [3.63, 3.8) is 0 Å². The number of nitrogens with zero attached hydrogens (tertiary/aromatic N) is 2. The second-order valence-corrected chi connectivity index (χ2v) is 8.64. The van der Waals surface area contributed by atoms with E-state index in [0.717, 1.165) is 5.57 Å². The number of amides is 4. The monoisotopic (exact) mass is 442 g/mol. The van der Waals surface area contributed by atoms with Gasteiger partial charge in [-0.05, 0) is 36.5 Å². The van der Waals surface area contributed by atoms with E-state index in [0.29, 0.717) is 11.3 Å². The van der Waals surface area contributed by atoms with Gasteiger partial charge in [0.25, 0.3) is 23.6 Å². The van der Waals surface area contributed by atoms with Crippen molar-refractivity contribution < 1.29 is 39.4 Å². The number of carbonyl (C=O) groups excluding carboxylic acids is 4.